The third kappa shape index (κ3) is 2.85. The van der Waals surface area contributed by atoms with Gasteiger partial charge in [-0.3, -0.25) is 0 Å². The molecule has 2 heterocycles. The van der Waals surface area contributed by atoms with Crippen molar-refractivity contribution < 1.29 is 9.53 Å². The van der Waals surface area contributed by atoms with Crippen LogP contribution < -0.4 is 10.6 Å². The Hall–Kier alpha value is -1.92. The van der Waals surface area contributed by atoms with E-state index in [0.717, 1.165) is 25.9 Å². The van der Waals surface area contributed by atoms with Gasteiger partial charge in [0.25, 0.3) is 0 Å². The molecule has 0 saturated carbocycles. The van der Waals surface area contributed by atoms with Crippen LogP contribution in [0.5, 0.6) is 0 Å². The SMILES string of the molecule is CCOC(=O)c1nc(N)nc(N2CCCCC2)n1. The van der Waals surface area contributed by atoms with E-state index in [4.69, 9.17) is 10.5 Å². The average Bonchev–Trinajstić information content (AvgIpc) is 2.39. The van der Waals surface area contributed by atoms with E-state index in [1.54, 1.807) is 6.92 Å². The van der Waals surface area contributed by atoms with Crippen LogP contribution in [-0.2, 0) is 4.74 Å². The number of hydrogen-bond donors (Lipinski definition) is 1. The molecule has 0 aliphatic carbocycles. The maximum atomic E-state index is 11.6. The van der Waals surface area contributed by atoms with Crippen molar-refractivity contribution >= 4 is 17.9 Å². The van der Waals surface area contributed by atoms with Gasteiger partial charge in [0.05, 0.1) is 6.61 Å². The first-order chi connectivity index (χ1) is 8.70. The Morgan fingerprint density at radius 2 is 2.00 bits per heavy atom. The quantitative estimate of drug-likeness (QED) is 0.787. The molecule has 98 valence electrons. The van der Waals surface area contributed by atoms with E-state index in [9.17, 15) is 4.79 Å². The Morgan fingerprint density at radius 1 is 1.28 bits per heavy atom. The summed E-state index contributed by atoms with van der Waals surface area (Å²) < 4.78 is 4.86. The summed E-state index contributed by atoms with van der Waals surface area (Å²) in [5.74, 6) is -0.0753. The molecule has 1 fully saturated rings. The lowest BCUT2D eigenvalue weighted by Crippen LogP contribution is -2.32. The molecule has 2 N–H and O–H groups in total. The lowest BCUT2D eigenvalue weighted by molar-refractivity contribution is 0.0512. The molecule has 0 amide bonds. The zero-order chi connectivity index (χ0) is 13.0. The highest BCUT2D eigenvalue weighted by Gasteiger charge is 2.18. The summed E-state index contributed by atoms with van der Waals surface area (Å²) in [6.07, 6.45) is 3.41. The monoisotopic (exact) mass is 251 g/mol. The molecule has 1 saturated heterocycles. The van der Waals surface area contributed by atoms with E-state index in [1.807, 2.05) is 4.90 Å². The highest BCUT2D eigenvalue weighted by Crippen LogP contribution is 2.16. The predicted octanol–water partition coefficient (Wildman–Crippen LogP) is 0.621. The molecule has 1 aliphatic heterocycles. The number of carbonyl (C=O) groups is 1. The number of ether oxygens (including phenoxy) is 1. The first-order valence-electron chi connectivity index (χ1n) is 6.14. The van der Waals surface area contributed by atoms with Gasteiger partial charge in [0, 0.05) is 13.1 Å². The summed E-state index contributed by atoms with van der Waals surface area (Å²) in [5, 5.41) is 0. The Kier molecular flexibility index (Phi) is 3.91. The van der Waals surface area contributed by atoms with Gasteiger partial charge in [-0.15, -0.1) is 0 Å². The van der Waals surface area contributed by atoms with Crippen LogP contribution in [0.4, 0.5) is 11.9 Å². The number of nitrogens with zero attached hydrogens (tertiary/aromatic N) is 4. The van der Waals surface area contributed by atoms with Crippen molar-refractivity contribution in [3.63, 3.8) is 0 Å². The van der Waals surface area contributed by atoms with Crippen LogP contribution >= 0.6 is 0 Å². The zero-order valence-corrected chi connectivity index (χ0v) is 10.4. The van der Waals surface area contributed by atoms with Crippen LogP contribution in [0.25, 0.3) is 0 Å². The van der Waals surface area contributed by atoms with E-state index >= 15 is 0 Å². The maximum absolute atomic E-state index is 11.6. The van der Waals surface area contributed by atoms with E-state index in [2.05, 4.69) is 15.0 Å². The molecular formula is C11H17N5O2. The second kappa shape index (κ2) is 5.61. The third-order valence-electron chi connectivity index (χ3n) is 2.74. The molecule has 0 spiro atoms. The van der Waals surface area contributed by atoms with Gasteiger partial charge in [-0.1, -0.05) is 0 Å². The minimum atomic E-state index is -0.565. The van der Waals surface area contributed by atoms with Gasteiger partial charge < -0.3 is 15.4 Å². The van der Waals surface area contributed by atoms with Crippen molar-refractivity contribution in [2.24, 2.45) is 0 Å². The molecule has 0 aromatic carbocycles. The lowest BCUT2D eigenvalue weighted by atomic mass is 10.1. The molecular weight excluding hydrogens is 234 g/mol. The third-order valence-corrected chi connectivity index (χ3v) is 2.74. The molecule has 7 heteroatoms. The number of aromatic nitrogens is 3. The van der Waals surface area contributed by atoms with Crippen molar-refractivity contribution in [2.45, 2.75) is 26.2 Å². The second-order valence-electron chi connectivity index (χ2n) is 4.09. The van der Waals surface area contributed by atoms with Crippen molar-refractivity contribution in [3.05, 3.63) is 5.82 Å². The minimum Gasteiger partial charge on any atom is -0.460 e. The van der Waals surface area contributed by atoms with Crippen molar-refractivity contribution in [1.82, 2.24) is 15.0 Å². The van der Waals surface area contributed by atoms with Gasteiger partial charge in [0.15, 0.2) is 0 Å². The number of nitrogen functional groups attached to an aromatic ring is 1. The van der Waals surface area contributed by atoms with E-state index in [1.165, 1.54) is 6.42 Å². The standard InChI is InChI=1S/C11H17N5O2/c1-2-18-9(17)8-13-10(12)15-11(14-8)16-6-4-3-5-7-16/h2-7H2,1H3,(H2,12,13,14,15). The smallest absolute Gasteiger partial charge is 0.376 e. The summed E-state index contributed by atoms with van der Waals surface area (Å²) in [4.78, 5) is 25.6. The Balaban J connectivity index is 2.22. The van der Waals surface area contributed by atoms with E-state index < -0.39 is 5.97 Å². The van der Waals surface area contributed by atoms with Gasteiger partial charge >= 0.3 is 5.97 Å². The maximum Gasteiger partial charge on any atom is 0.376 e. The fourth-order valence-electron chi connectivity index (χ4n) is 1.90. The molecule has 1 aromatic rings. The van der Waals surface area contributed by atoms with Gasteiger partial charge in [0.1, 0.15) is 0 Å². The van der Waals surface area contributed by atoms with Crippen LogP contribution in [-0.4, -0.2) is 40.6 Å². The normalized spacial score (nSPS) is 15.5. The highest BCUT2D eigenvalue weighted by atomic mass is 16.5. The van der Waals surface area contributed by atoms with Crippen LogP contribution in [0.3, 0.4) is 0 Å². The Bertz CT molecular complexity index is 431. The van der Waals surface area contributed by atoms with Gasteiger partial charge in [0.2, 0.25) is 17.7 Å². The summed E-state index contributed by atoms with van der Waals surface area (Å²) in [6, 6.07) is 0. The highest BCUT2D eigenvalue weighted by molar-refractivity contribution is 5.85. The van der Waals surface area contributed by atoms with Crippen LogP contribution in [0.15, 0.2) is 0 Å². The molecule has 0 unspecified atom stereocenters. The Morgan fingerprint density at radius 3 is 2.67 bits per heavy atom. The largest absolute Gasteiger partial charge is 0.460 e. The number of piperidine rings is 1. The number of hydrogen-bond acceptors (Lipinski definition) is 7. The summed E-state index contributed by atoms with van der Waals surface area (Å²) >= 11 is 0. The van der Waals surface area contributed by atoms with Gasteiger partial charge in [-0.2, -0.15) is 15.0 Å². The summed E-state index contributed by atoms with van der Waals surface area (Å²) in [5.41, 5.74) is 5.60. The minimum absolute atomic E-state index is 0.0232. The summed E-state index contributed by atoms with van der Waals surface area (Å²) in [7, 11) is 0. The molecule has 18 heavy (non-hydrogen) atoms. The van der Waals surface area contributed by atoms with Gasteiger partial charge in [-0.05, 0) is 26.2 Å². The second-order valence-corrected chi connectivity index (χ2v) is 4.09. The molecule has 2 rings (SSSR count). The molecule has 0 atom stereocenters. The Labute approximate surface area is 105 Å². The lowest BCUT2D eigenvalue weighted by Gasteiger charge is -2.26. The predicted molar refractivity (Wildman–Crippen MR) is 66.3 cm³/mol. The van der Waals surface area contributed by atoms with E-state index in [0.29, 0.717) is 5.95 Å². The number of esters is 1. The summed E-state index contributed by atoms with van der Waals surface area (Å²) in [6.45, 7) is 3.77. The molecule has 0 radical (unpaired) electrons. The number of carbonyl (C=O) groups excluding carboxylic acids is 1. The van der Waals surface area contributed by atoms with Crippen molar-refractivity contribution in [3.8, 4) is 0 Å². The number of rotatable bonds is 3. The first kappa shape index (κ1) is 12.5. The first-order valence-corrected chi connectivity index (χ1v) is 6.14. The van der Waals surface area contributed by atoms with Crippen molar-refractivity contribution in [2.75, 3.05) is 30.3 Å². The van der Waals surface area contributed by atoms with Crippen LogP contribution in [0, 0.1) is 0 Å². The molecule has 1 aromatic heterocycles. The van der Waals surface area contributed by atoms with Crippen LogP contribution in [0.2, 0.25) is 0 Å². The molecule has 7 nitrogen and oxygen atoms in total. The van der Waals surface area contributed by atoms with Crippen LogP contribution in [0.1, 0.15) is 36.8 Å². The fraction of sp³-hybridized carbons (Fsp3) is 0.636. The van der Waals surface area contributed by atoms with Gasteiger partial charge in [-0.25, -0.2) is 4.79 Å². The number of anilines is 2. The molecule has 0 bridgehead atoms. The number of nitrogens with two attached hydrogens (primary N) is 1. The molecule has 1 aliphatic rings. The fourth-order valence-corrected chi connectivity index (χ4v) is 1.90. The topological polar surface area (TPSA) is 94.2 Å². The zero-order valence-electron chi connectivity index (χ0n) is 10.4. The van der Waals surface area contributed by atoms with Crippen molar-refractivity contribution in [1.29, 1.82) is 0 Å². The average molecular weight is 251 g/mol. The van der Waals surface area contributed by atoms with E-state index in [-0.39, 0.29) is 18.4 Å².